The number of methoxy groups -OCH3 is 1. The number of benzene rings is 1. The second-order valence-corrected chi connectivity index (χ2v) is 3.04. The lowest BCUT2D eigenvalue weighted by molar-refractivity contribution is 0.0583. The van der Waals surface area contributed by atoms with Crippen LogP contribution in [0.5, 0.6) is 0 Å². The Kier molecular flexibility index (Phi) is 2.55. The molecule has 2 rings (SSSR count). The largest absolute Gasteiger partial charge is 0.463 e. The normalized spacial score (nSPS) is 10.1. The molecule has 0 radical (unpaired) electrons. The van der Waals surface area contributed by atoms with Crippen LogP contribution in [0.4, 0.5) is 5.69 Å². The Morgan fingerprint density at radius 3 is 3.00 bits per heavy atom. The number of ether oxygens (including phenoxy) is 1. The Hall–Kier alpha value is -2.37. The van der Waals surface area contributed by atoms with Crippen LogP contribution in [0.15, 0.2) is 28.8 Å². The number of nitrogens with two attached hydrogens (primary N) is 1. The van der Waals surface area contributed by atoms with Gasteiger partial charge in [0.05, 0.1) is 7.11 Å². The molecule has 0 aliphatic heterocycles. The Labute approximate surface area is 91.0 Å². The fourth-order valence-corrected chi connectivity index (χ4v) is 1.19. The molecule has 1 aromatic heterocycles. The predicted molar refractivity (Wildman–Crippen MR) is 55.5 cm³/mol. The molecule has 82 valence electrons. The molecule has 16 heavy (non-hydrogen) atoms. The molecule has 2 aromatic rings. The highest BCUT2D eigenvalue weighted by atomic mass is 16.5. The van der Waals surface area contributed by atoms with E-state index in [9.17, 15) is 4.79 Å². The van der Waals surface area contributed by atoms with Crippen molar-refractivity contribution in [2.75, 3.05) is 12.8 Å². The Balaban J connectivity index is 2.35. The van der Waals surface area contributed by atoms with Gasteiger partial charge in [-0.2, -0.15) is 4.98 Å². The first-order valence-electron chi connectivity index (χ1n) is 4.48. The molecule has 0 fully saturated rings. The minimum Gasteiger partial charge on any atom is -0.463 e. The maximum atomic E-state index is 11.1. The molecule has 1 heterocycles. The van der Waals surface area contributed by atoms with Crippen LogP contribution < -0.4 is 5.73 Å². The highest BCUT2D eigenvalue weighted by Gasteiger charge is 2.15. The first kappa shape index (κ1) is 10.2. The van der Waals surface area contributed by atoms with Gasteiger partial charge in [0.1, 0.15) is 0 Å². The number of nitrogens with zero attached hydrogens (tertiary/aromatic N) is 2. The zero-order valence-corrected chi connectivity index (χ0v) is 8.51. The number of aromatic nitrogens is 2. The summed E-state index contributed by atoms with van der Waals surface area (Å²) in [6.07, 6.45) is 0. The van der Waals surface area contributed by atoms with Gasteiger partial charge in [0.2, 0.25) is 0 Å². The lowest BCUT2D eigenvalue weighted by Crippen LogP contribution is -2.03. The molecule has 0 unspecified atom stereocenters. The lowest BCUT2D eigenvalue weighted by atomic mass is 10.2. The van der Waals surface area contributed by atoms with Crippen LogP contribution in [0, 0.1) is 0 Å². The van der Waals surface area contributed by atoms with Gasteiger partial charge in [0.15, 0.2) is 0 Å². The third-order valence-electron chi connectivity index (χ3n) is 1.93. The van der Waals surface area contributed by atoms with Gasteiger partial charge < -0.3 is 15.0 Å². The fourth-order valence-electron chi connectivity index (χ4n) is 1.19. The van der Waals surface area contributed by atoms with Gasteiger partial charge in [0, 0.05) is 11.3 Å². The summed E-state index contributed by atoms with van der Waals surface area (Å²) in [7, 11) is 1.25. The molecular weight excluding hydrogens is 210 g/mol. The molecule has 6 nitrogen and oxygen atoms in total. The molecule has 0 aliphatic rings. The van der Waals surface area contributed by atoms with E-state index in [1.165, 1.54) is 7.11 Å². The zero-order valence-electron chi connectivity index (χ0n) is 8.51. The van der Waals surface area contributed by atoms with Crippen LogP contribution in [0.1, 0.15) is 10.6 Å². The summed E-state index contributed by atoms with van der Waals surface area (Å²) in [6.45, 7) is 0. The van der Waals surface area contributed by atoms with Gasteiger partial charge in [-0.05, 0) is 23.4 Å². The molecule has 0 aliphatic carbocycles. The van der Waals surface area contributed by atoms with Crippen LogP contribution in [-0.4, -0.2) is 23.2 Å². The fraction of sp³-hybridized carbons (Fsp3) is 0.100. The summed E-state index contributed by atoms with van der Waals surface area (Å²) in [5, 5.41) is 3.49. The molecule has 0 saturated heterocycles. The minimum atomic E-state index is -0.640. The highest BCUT2D eigenvalue weighted by molar-refractivity contribution is 5.85. The molecule has 2 N–H and O–H groups in total. The maximum Gasteiger partial charge on any atom is 0.379 e. The zero-order chi connectivity index (χ0) is 11.5. The second-order valence-electron chi connectivity index (χ2n) is 3.04. The topological polar surface area (TPSA) is 91.2 Å². The number of esters is 1. The van der Waals surface area contributed by atoms with E-state index in [-0.39, 0.29) is 11.7 Å². The van der Waals surface area contributed by atoms with Crippen molar-refractivity contribution in [3.8, 4) is 11.5 Å². The molecular formula is C10H9N3O3. The first-order valence-corrected chi connectivity index (χ1v) is 4.48. The maximum absolute atomic E-state index is 11.1. The van der Waals surface area contributed by atoms with E-state index in [1.54, 1.807) is 24.3 Å². The number of hydrogen-bond donors (Lipinski definition) is 1. The molecule has 0 atom stereocenters. The van der Waals surface area contributed by atoms with E-state index >= 15 is 0 Å². The summed E-state index contributed by atoms with van der Waals surface area (Å²) in [5.41, 5.74) is 6.84. The second kappa shape index (κ2) is 4.01. The van der Waals surface area contributed by atoms with Gasteiger partial charge in [-0.3, -0.25) is 0 Å². The number of carbonyl (C=O) groups excluding carboxylic acids is 1. The number of hydrogen-bond acceptors (Lipinski definition) is 6. The smallest absolute Gasteiger partial charge is 0.379 e. The summed E-state index contributed by atoms with van der Waals surface area (Å²) >= 11 is 0. The third-order valence-corrected chi connectivity index (χ3v) is 1.93. The predicted octanol–water partition coefficient (Wildman–Crippen LogP) is 1.11. The van der Waals surface area contributed by atoms with Crippen molar-refractivity contribution in [3.63, 3.8) is 0 Å². The molecule has 0 amide bonds. The summed E-state index contributed by atoms with van der Waals surface area (Å²) in [6, 6.07) is 6.92. The van der Waals surface area contributed by atoms with Gasteiger partial charge in [-0.25, -0.2) is 4.79 Å². The average Bonchev–Trinajstić information content (AvgIpc) is 2.77. The van der Waals surface area contributed by atoms with Gasteiger partial charge in [0.25, 0.3) is 11.7 Å². The Morgan fingerprint density at radius 1 is 1.50 bits per heavy atom. The first-order chi connectivity index (χ1) is 7.70. The highest BCUT2D eigenvalue weighted by Crippen LogP contribution is 2.19. The van der Waals surface area contributed by atoms with Crippen molar-refractivity contribution in [2.45, 2.75) is 0 Å². The molecule has 0 spiro atoms. The van der Waals surface area contributed by atoms with Crippen molar-refractivity contribution in [2.24, 2.45) is 0 Å². The van der Waals surface area contributed by atoms with E-state index in [0.29, 0.717) is 11.3 Å². The van der Waals surface area contributed by atoms with Crippen LogP contribution in [0.2, 0.25) is 0 Å². The van der Waals surface area contributed by atoms with E-state index in [2.05, 4.69) is 14.9 Å². The van der Waals surface area contributed by atoms with Crippen molar-refractivity contribution in [3.05, 3.63) is 30.1 Å². The van der Waals surface area contributed by atoms with Crippen LogP contribution in [0.3, 0.4) is 0 Å². The van der Waals surface area contributed by atoms with E-state index in [1.807, 2.05) is 0 Å². The van der Waals surface area contributed by atoms with Crippen molar-refractivity contribution < 1.29 is 14.1 Å². The van der Waals surface area contributed by atoms with Crippen molar-refractivity contribution >= 4 is 11.7 Å². The summed E-state index contributed by atoms with van der Waals surface area (Å²) in [4.78, 5) is 15.0. The minimum absolute atomic E-state index is 0.111. The number of nitrogen functional groups attached to an aromatic ring is 1. The van der Waals surface area contributed by atoms with E-state index < -0.39 is 5.97 Å². The molecule has 0 bridgehead atoms. The number of rotatable bonds is 2. The van der Waals surface area contributed by atoms with Crippen LogP contribution >= 0.6 is 0 Å². The van der Waals surface area contributed by atoms with Crippen LogP contribution in [0.25, 0.3) is 11.5 Å². The van der Waals surface area contributed by atoms with Crippen molar-refractivity contribution in [1.82, 2.24) is 10.1 Å². The standard InChI is InChI=1S/C10H9N3O3/c1-15-10(14)8-12-9(16-13-8)6-3-2-4-7(11)5-6/h2-5H,11H2,1H3. The molecule has 1 aromatic carbocycles. The molecule has 0 saturated carbocycles. The monoisotopic (exact) mass is 219 g/mol. The quantitative estimate of drug-likeness (QED) is 0.600. The SMILES string of the molecule is COC(=O)c1noc(-c2cccc(N)c2)n1. The van der Waals surface area contributed by atoms with E-state index in [4.69, 9.17) is 10.3 Å². The third kappa shape index (κ3) is 1.85. The Bertz CT molecular complexity index is 522. The van der Waals surface area contributed by atoms with Crippen LogP contribution in [-0.2, 0) is 4.74 Å². The number of carbonyl (C=O) groups is 1. The average molecular weight is 219 g/mol. The van der Waals surface area contributed by atoms with E-state index in [0.717, 1.165) is 0 Å². The van der Waals surface area contributed by atoms with Crippen molar-refractivity contribution in [1.29, 1.82) is 0 Å². The summed E-state index contributed by atoms with van der Waals surface area (Å²) < 4.78 is 9.37. The lowest BCUT2D eigenvalue weighted by Gasteiger charge is -1.94. The van der Waals surface area contributed by atoms with Gasteiger partial charge in [-0.1, -0.05) is 6.07 Å². The summed E-state index contributed by atoms with van der Waals surface area (Å²) in [5.74, 6) is -0.522. The van der Waals surface area contributed by atoms with Gasteiger partial charge in [-0.15, -0.1) is 0 Å². The molecule has 6 heteroatoms. The number of anilines is 1. The van der Waals surface area contributed by atoms with Gasteiger partial charge >= 0.3 is 5.97 Å². The Morgan fingerprint density at radius 2 is 2.31 bits per heavy atom.